The highest BCUT2D eigenvalue weighted by Gasteiger charge is 2.73. The van der Waals surface area contributed by atoms with Crippen molar-refractivity contribution in [2.75, 3.05) is 6.61 Å². The molecule has 0 aromatic carbocycles. The summed E-state index contributed by atoms with van der Waals surface area (Å²) in [4.78, 5) is 0. The van der Waals surface area contributed by atoms with Gasteiger partial charge in [0.15, 0.2) is 0 Å². The van der Waals surface area contributed by atoms with E-state index < -0.39 is 0 Å². The van der Waals surface area contributed by atoms with Crippen LogP contribution in [0.5, 0.6) is 0 Å². The van der Waals surface area contributed by atoms with Crippen molar-refractivity contribution >= 4 is 0 Å². The van der Waals surface area contributed by atoms with Crippen LogP contribution in [0.3, 0.4) is 0 Å². The van der Waals surface area contributed by atoms with Crippen LogP contribution < -0.4 is 0 Å². The first-order valence-electron chi connectivity index (χ1n) is 14.3. The molecule has 0 amide bonds. The number of aliphatic hydroxyl groups excluding tert-OH is 1. The summed E-state index contributed by atoms with van der Waals surface area (Å²) in [7, 11) is 0. The molecule has 2 nitrogen and oxygen atoms in total. The van der Waals surface area contributed by atoms with Crippen molar-refractivity contribution in [2.45, 2.75) is 125 Å². The molecule has 5 fully saturated rings. The standard InChI is InChI=1S/C30H52O2/c1-19(2)9-8-10-20(3)21-13-16-29(7)22-11-12-24-27(4,5)25(31)14-15-28(24,6)26(22)23-17-30(21,29)18-32-23/h19-26,31H,8-18H2,1-7H3. The molecule has 5 rings (SSSR count). The second-order valence-electron chi connectivity index (χ2n) is 14.7. The fraction of sp³-hybridized carbons (Fsp3) is 1.00. The molecule has 2 heteroatoms. The zero-order valence-electron chi connectivity index (χ0n) is 22.3. The highest BCUT2D eigenvalue weighted by molar-refractivity contribution is 5.21. The first-order chi connectivity index (χ1) is 15.0. The van der Waals surface area contributed by atoms with Crippen LogP contribution in [-0.2, 0) is 4.74 Å². The van der Waals surface area contributed by atoms with Gasteiger partial charge in [0.2, 0.25) is 0 Å². The Balaban J connectivity index is 1.43. The van der Waals surface area contributed by atoms with Gasteiger partial charge >= 0.3 is 0 Å². The molecule has 2 bridgehead atoms. The maximum atomic E-state index is 10.9. The van der Waals surface area contributed by atoms with Crippen molar-refractivity contribution < 1.29 is 9.84 Å². The van der Waals surface area contributed by atoms with E-state index in [0.717, 1.165) is 36.7 Å². The highest BCUT2D eigenvalue weighted by Crippen LogP contribution is 2.77. The molecular formula is C30H52O2. The number of aliphatic hydroxyl groups is 1. The van der Waals surface area contributed by atoms with E-state index in [1.54, 1.807) is 0 Å². The van der Waals surface area contributed by atoms with E-state index in [1.165, 1.54) is 57.8 Å². The molecule has 1 saturated heterocycles. The van der Waals surface area contributed by atoms with Gasteiger partial charge in [0, 0.05) is 5.41 Å². The molecule has 0 aromatic heterocycles. The zero-order valence-corrected chi connectivity index (χ0v) is 22.3. The van der Waals surface area contributed by atoms with E-state index in [9.17, 15) is 5.11 Å². The van der Waals surface area contributed by atoms with Gasteiger partial charge in [-0.1, -0.05) is 67.7 Å². The molecule has 1 heterocycles. The summed E-state index contributed by atoms with van der Waals surface area (Å²) in [6, 6.07) is 0. The molecule has 10 unspecified atom stereocenters. The fourth-order valence-electron chi connectivity index (χ4n) is 11.0. The van der Waals surface area contributed by atoms with E-state index in [0.29, 0.717) is 34.2 Å². The topological polar surface area (TPSA) is 29.5 Å². The van der Waals surface area contributed by atoms with Gasteiger partial charge in [-0.25, -0.2) is 0 Å². The van der Waals surface area contributed by atoms with Crippen LogP contribution in [-0.4, -0.2) is 23.9 Å². The van der Waals surface area contributed by atoms with Crippen LogP contribution in [0, 0.1) is 57.2 Å². The van der Waals surface area contributed by atoms with Gasteiger partial charge in [0.1, 0.15) is 0 Å². The van der Waals surface area contributed by atoms with Gasteiger partial charge in [-0.2, -0.15) is 0 Å². The lowest BCUT2D eigenvalue weighted by Crippen LogP contribution is -2.63. The van der Waals surface area contributed by atoms with E-state index >= 15 is 0 Å². The third kappa shape index (κ3) is 3.03. The van der Waals surface area contributed by atoms with Crippen LogP contribution >= 0.6 is 0 Å². The summed E-state index contributed by atoms with van der Waals surface area (Å²) in [6.45, 7) is 18.4. The Morgan fingerprint density at radius 2 is 1.69 bits per heavy atom. The average molecular weight is 445 g/mol. The molecule has 0 aromatic rings. The quantitative estimate of drug-likeness (QED) is 0.476. The van der Waals surface area contributed by atoms with Crippen LogP contribution in [0.25, 0.3) is 0 Å². The second-order valence-corrected chi connectivity index (χ2v) is 14.7. The number of ether oxygens (including phenoxy) is 1. The monoisotopic (exact) mass is 444 g/mol. The molecule has 4 saturated carbocycles. The molecule has 0 radical (unpaired) electrons. The molecular weight excluding hydrogens is 392 g/mol. The summed E-state index contributed by atoms with van der Waals surface area (Å²) in [6.07, 6.45) is 13.6. The smallest absolute Gasteiger partial charge is 0.0618 e. The minimum Gasteiger partial charge on any atom is -0.393 e. The molecule has 184 valence electrons. The van der Waals surface area contributed by atoms with E-state index in [-0.39, 0.29) is 11.5 Å². The summed E-state index contributed by atoms with van der Waals surface area (Å²) in [5, 5.41) is 10.9. The Kier molecular flexibility index (Phi) is 5.70. The normalized spacial score (nSPS) is 52.4. The molecule has 1 spiro atoms. The Labute approximate surface area is 198 Å². The lowest BCUT2D eigenvalue weighted by molar-refractivity contribution is -0.205. The van der Waals surface area contributed by atoms with Gasteiger partial charge in [0.05, 0.1) is 18.8 Å². The van der Waals surface area contributed by atoms with Crippen molar-refractivity contribution in [1.82, 2.24) is 0 Å². The SMILES string of the molecule is CC(C)CCCC(C)C1CCC2(C)C3CCC4C(C)(C)C(O)CCC4(C)C3C3CC12CO3. The number of hydrogen-bond acceptors (Lipinski definition) is 2. The van der Waals surface area contributed by atoms with Crippen LogP contribution in [0.15, 0.2) is 0 Å². The van der Waals surface area contributed by atoms with Gasteiger partial charge < -0.3 is 9.84 Å². The third-order valence-electron chi connectivity index (χ3n) is 12.8. The maximum absolute atomic E-state index is 10.9. The van der Waals surface area contributed by atoms with Crippen LogP contribution in [0.4, 0.5) is 0 Å². The minimum atomic E-state index is -0.137. The number of hydrogen-bond donors (Lipinski definition) is 1. The molecule has 5 aliphatic rings. The molecule has 1 N–H and O–H groups in total. The predicted octanol–water partition coefficient (Wildman–Crippen LogP) is 7.48. The summed E-state index contributed by atoms with van der Waals surface area (Å²) < 4.78 is 6.89. The van der Waals surface area contributed by atoms with Gasteiger partial charge in [-0.15, -0.1) is 0 Å². The fourth-order valence-corrected chi connectivity index (χ4v) is 11.0. The number of rotatable bonds is 5. The van der Waals surface area contributed by atoms with Crippen molar-refractivity contribution in [3.8, 4) is 0 Å². The average Bonchev–Trinajstić information content (AvgIpc) is 3.26. The predicted molar refractivity (Wildman–Crippen MR) is 132 cm³/mol. The Morgan fingerprint density at radius 1 is 0.938 bits per heavy atom. The van der Waals surface area contributed by atoms with Crippen LogP contribution in [0.1, 0.15) is 113 Å². The van der Waals surface area contributed by atoms with Gasteiger partial charge in [-0.05, 0) is 96.7 Å². The lowest BCUT2D eigenvalue weighted by atomic mass is 9.38. The largest absolute Gasteiger partial charge is 0.393 e. The first kappa shape index (κ1) is 23.7. The van der Waals surface area contributed by atoms with Crippen molar-refractivity contribution in [3.63, 3.8) is 0 Å². The summed E-state index contributed by atoms with van der Waals surface area (Å²) in [5.74, 6) is 4.68. The van der Waals surface area contributed by atoms with Crippen molar-refractivity contribution in [3.05, 3.63) is 0 Å². The lowest BCUT2D eigenvalue weighted by Gasteiger charge is -2.66. The summed E-state index contributed by atoms with van der Waals surface area (Å²) >= 11 is 0. The third-order valence-corrected chi connectivity index (χ3v) is 12.8. The molecule has 1 aliphatic heterocycles. The number of fused-ring (bicyclic) bond motifs is 6. The molecule has 32 heavy (non-hydrogen) atoms. The van der Waals surface area contributed by atoms with Gasteiger partial charge in [-0.3, -0.25) is 0 Å². The van der Waals surface area contributed by atoms with Crippen molar-refractivity contribution in [1.29, 1.82) is 0 Å². The minimum absolute atomic E-state index is 0.0369. The van der Waals surface area contributed by atoms with E-state index in [1.807, 2.05) is 0 Å². The first-order valence-corrected chi connectivity index (χ1v) is 14.3. The van der Waals surface area contributed by atoms with Gasteiger partial charge in [0.25, 0.3) is 0 Å². The van der Waals surface area contributed by atoms with E-state index in [4.69, 9.17) is 4.74 Å². The highest BCUT2D eigenvalue weighted by atomic mass is 16.5. The zero-order chi connectivity index (χ0) is 23.1. The maximum Gasteiger partial charge on any atom is 0.0618 e. The van der Waals surface area contributed by atoms with E-state index in [2.05, 4.69) is 48.5 Å². The second kappa shape index (κ2) is 7.71. The Morgan fingerprint density at radius 3 is 2.41 bits per heavy atom. The molecule has 10 atom stereocenters. The molecule has 4 aliphatic carbocycles. The van der Waals surface area contributed by atoms with Crippen LogP contribution in [0.2, 0.25) is 0 Å². The Hall–Kier alpha value is -0.0800. The summed E-state index contributed by atoms with van der Waals surface area (Å²) in [5.41, 5.74) is 1.25. The van der Waals surface area contributed by atoms with Crippen molar-refractivity contribution in [2.24, 2.45) is 57.2 Å². The Bertz CT molecular complexity index is 714.